The van der Waals surface area contributed by atoms with Gasteiger partial charge in [0.15, 0.2) is 0 Å². The summed E-state index contributed by atoms with van der Waals surface area (Å²) in [6.45, 7) is 2.59. The summed E-state index contributed by atoms with van der Waals surface area (Å²) in [5.41, 5.74) is 7.98. The molecular weight excluding hydrogens is 200 g/mol. The van der Waals surface area contributed by atoms with Crippen molar-refractivity contribution in [3.05, 3.63) is 11.3 Å². The average Bonchev–Trinajstić information content (AvgIpc) is 2.55. The minimum Gasteiger partial charge on any atom is -0.367 e. The summed E-state index contributed by atoms with van der Waals surface area (Å²) in [6.07, 6.45) is 6.60. The monoisotopic (exact) mass is 222 g/mol. The molecule has 3 N–H and O–H groups in total. The quantitative estimate of drug-likeness (QED) is 0.821. The van der Waals surface area contributed by atoms with E-state index in [2.05, 4.69) is 10.4 Å². The molecule has 1 aromatic heterocycles. The fourth-order valence-electron chi connectivity index (χ4n) is 2.57. The van der Waals surface area contributed by atoms with Gasteiger partial charge in [-0.3, -0.25) is 4.68 Å². The lowest BCUT2D eigenvalue weighted by Gasteiger charge is -2.24. The first-order valence-corrected chi connectivity index (χ1v) is 6.21. The number of nitrogens with two attached hydrogens (primary N) is 1. The molecule has 1 aliphatic rings. The van der Waals surface area contributed by atoms with Crippen molar-refractivity contribution in [2.75, 3.05) is 5.32 Å². The fraction of sp³-hybridized carbons (Fsp3) is 0.750. The van der Waals surface area contributed by atoms with Crippen molar-refractivity contribution in [3.8, 4) is 0 Å². The molecule has 0 unspecified atom stereocenters. The number of aryl methyl sites for hydroxylation is 2. The minimum atomic E-state index is 0.564. The molecule has 1 fully saturated rings. The number of nitrogens with one attached hydrogen (secondary N) is 1. The normalized spacial score (nSPS) is 17.7. The summed E-state index contributed by atoms with van der Waals surface area (Å²) in [6, 6.07) is 0.605. The molecule has 0 atom stereocenters. The zero-order valence-corrected chi connectivity index (χ0v) is 10.3. The van der Waals surface area contributed by atoms with Crippen LogP contribution < -0.4 is 11.1 Å². The third-order valence-electron chi connectivity index (χ3n) is 3.50. The van der Waals surface area contributed by atoms with Crippen LogP contribution in [0.4, 0.5) is 5.82 Å². The van der Waals surface area contributed by atoms with Gasteiger partial charge in [0.2, 0.25) is 0 Å². The smallest absolute Gasteiger partial charge is 0.128 e. The van der Waals surface area contributed by atoms with Gasteiger partial charge in [-0.15, -0.1) is 0 Å². The van der Waals surface area contributed by atoms with Crippen molar-refractivity contribution in [3.63, 3.8) is 0 Å². The molecular formula is C12H22N4. The third-order valence-corrected chi connectivity index (χ3v) is 3.50. The molecule has 0 aromatic carbocycles. The SMILES string of the molecule is Cc1nn(C)c(NC2CCCCC2)c1CN. The standard InChI is InChI=1S/C12H22N4/c1-9-11(8-13)12(16(2)15-9)14-10-6-4-3-5-7-10/h10,14H,3-8,13H2,1-2H3. The molecule has 90 valence electrons. The highest BCUT2D eigenvalue weighted by molar-refractivity contribution is 5.48. The van der Waals surface area contributed by atoms with Crippen molar-refractivity contribution in [2.24, 2.45) is 12.8 Å². The Balaban J connectivity index is 2.13. The van der Waals surface area contributed by atoms with Crippen LogP contribution in [0.2, 0.25) is 0 Å². The lowest BCUT2D eigenvalue weighted by molar-refractivity contribution is 0.460. The summed E-state index contributed by atoms with van der Waals surface area (Å²) in [5, 5.41) is 8.03. The van der Waals surface area contributed by atoms with Gasteiger partial charge in [0.05, 0.1) is 5.69 Å². The van der Waals surface area contributed by atoms with E-state index in [1.807, 2.05) is 18.7 Å². The molecule has 1 saturated carbocycles. The topological polar surface area (TPSA) is 55.9 Å². The molecule has 0 amide bonds. The van der Waals surface area contributed by atoms with Crippen LogP contribution in [-0.2, 0) is 13.6 Å². The number of anilines is 1. The fourth-order valence-corrected chi connectivity index (χ4v) is 2.57. The Kier molecular flexibility index (Phi) is 3.49. The van der Waals surface area contributed by atoms with Crippen LogP contribution in [0.3, 0.4) is 0 Å². The van der Waals surface area contributed by atoms with Crippen LogP contribution >= 0.6 is 0 Å². The van der Waals surface area contributed by atoms with Gasteiger partial charge in [0.1, 0.15) is 5.82 Å². The van der Waals surface area contributed by atoms with Crippen molar-refractivity contribution in [2.45, 2.75) is 51.6 Å². The predicted molar refractivity (Wildman–Crippen MR) is 66.3 cm³/mol. The molecule has 0 aliphatic heterocycles. The Morgan fingerprint density at radius 1 is 1.38 bits per heavy atom. The van der Waals surface area contributed by atoms with E-state index < -0.39 is 0 Å². The Hall–Kier alpha value is -1.03. The van der Waals surface area contributed by atoms with Gasteiger partial charge in [-0.05, 0) is 19.8 Å². The Morgan fingerprint density at radius 3 is 2.69 bits per heavy atom. The second-order valence-electron chi connectivity index (χ2n) is 4.72. The molecule has 2 rings (SSSR count). The van der Waals surface area contributed by atoms with E-state index in [0.717, 1.165) is 17.1 Å². The predicted octanol–water partition coefficient (Wildman–Crippen LogP) is 1.93. The second-order valence-corrected chi connectivity index (χ2v) is 4.72. The maximum absolute atomic E-state index is 5.78. The van der Waals surface area contributed by atoms with Crippen LogP contribution in [0.1, 0.15) is 43.4 Å². The van der Waals surface area contributed by atoms with E-state index in [1.165, 1.54) is 32.1 Å². The lowest BCUT2D eigenvalue weighted by atomic mass is 9.95. The molecule has 0 spiro atoms. The van der Waals surface area contributed by atoms with Gasteiger partial charge in [-0.2, -0.15) is 5.10 Å². The highest BCUT2D eigenvalue weighted by Crippen LogP contribution is 2.24. The minimum absolute atomic E-state index is 0.564. The molecule has 1 aliphatic carbocycles. The van der Waals surface area contributed by atoms with E-state index in [-0.39, 0.29) is 0 Å². The largest absolute Gasteiger partial charge is 0.367 e. The molecule has 1 aromatic rings. The van der Waals surface area contributed by atoms with Crippen molar-refractivity contribution in [1.82, 2.24) is 9.78 Å². The molecule has 1 heterocycles. The summed E-state index contributed by atoms with van der Waals surface area (Å²) in [7, 11) is 1.98. The molecule has 0 saturated heterocycles. The van der Waals surface area contributed by atoms with Crippen LogP contribution in [0.25, 0.3) is 0 Å². The van der Waals surface area contributed by atoms with Gasteiger partial charge in [-0.25, -0.2) is 0 Å². The van der Waals surface area contributed by atoms with Crippen LogP contribution in [0.5, 0.6) is 0 Å². The van der Waals surface area contributed by atoms with Gasteiger partial charge in [0.25, 0.3) is 0 Å². The van der Waals surface area contributed by atoms with Crippen molar-refractivity contribution < 1.29 is 0 Å². The summed E-state index contributed by atoms with van der Waals surface area (Å²) in [4.78, 5) is 0. The summed E-state index contributed by atoms with van der Waals surface area (Å²) < 4.78 is 1.92. The maximum Gasteiger partial charge on any atom is 0.128 e. The van der Waals surface area contributed by atoms with Crippen LogP contribution in [0.15, 0.2) is 0 Å². The van der Waals surface area contributed by atoms with Crippen LogP contribution in [0, 0.1) is 6.92 Å². The Labute approximate surface area is 97.2 Å². The Morgan fingerprint density at radius 2 is 2.06 bits per heavy atom. The van der Waals surface area contributed by atoms with Gasteiger partial charge in [-0.1, -0.05) is 19.3 Å². The number of hydrogen-bond donors (Lipinski definition) is 2. The van der Waals surface area contributed by atoms with Crippen molar-refractivity contribution in [1.29, 1.82) is 0 Å². The number of rotatable bonds is 3. The zero-order valence-electron chi connectivity index (χ0n) is 10.3. The van der Waals surface area contributed by atoms with E-state index in [0.29, 0.717) is 12.6 Å². The number of aromatic nitrogens is 2. The second kappa shape index (κ2) is 4.87. The van der Waals surface area contributed by atoms with Gasteiger partial charge < -0.3 is 11.1 Å². The molecule has 0 radical (unpaired) electrons. The Bertz CT molecular complexity index is 350. The van der Waals surface area contributed by atoms with E-state index in [9.17, 15) is 0 Å². The summed E-state index contributed by atoms with van der Waals surface area (Å²) in [5.74, 6) is 1.12. The summed E-state index contributed by atoms with van der Waals surface area (Å²) >= 11 is 0. The highest BCUT2D eigenvalue weighted by Gasteiger charge is 2.17. The molecule has 16 heavy (non-hydrogen) atoms. The first kappa shape index (κ1) is 11.5. The molecule has 4 nitrogen and oxygen atoms in total. The van der Waals surface area contributed by atoms with Gasteiger partial charge in [0, 0.05) is 25.2 Å². The molecule has 0 bridgehead atoms. The van der Waals surface area contributed by atoms with Crippen molar-refractivity contribution >= 4 is 5.82 Å². The number of hydrogen-bond acceptors (Lipinski definition) is 3. The van der Waals surface area contributed by atoms with Gasteiger partial charge >= 0.3 is 0 Å². The first-order chi connectivity index (χ1) is 7.72. The van der Waals surface area contributed by atoms with Crippen LogP contribution in [-0.4, -0.2) is 15.8 Å². The third kappa shape index (κ3) is 2.21. The van der Waals surface area contributed by atoms with E-state index in [4.69, 9.17) is 5.73 Å². The highest BCUT2D eigenvalue weighted by atomic mass is 15.3. The molecule has 4 heteroatoms. The van der Waals surface area contributed by atoms with E-state index >= 15 is 0 Å². The first-order valence-electron chi connectivity index (χ1n) is 6.21. The average molecular weight is 222 g/mol. The van der Waals surface area contributed by atoms with E-state index in [1.54, 1.807) is 0 Å². The zero-order chi connectivity index (χ0) is 11.5. The maximum atomic E-state index is 5.78. The number of nitrogens with zero attached hydrogens (tertiary/aromatic N) is 2. The lowest BCUT2D eigenvalue weighted by Crippen LogP contribution is -2.24.